The zero-order chi connectivity index (χ0) is 33.4. The number of fused-ring (bicyclic) bond motifs is 2. The van der Waals surface area contributed by atoms with E-state index in [1.54, 1.807) is 17.9 Å². The Labute approximate surface area is 288 Å². The van der Waals surface area contributed by atoms with E-state index in [2.05, 4.69) is 69.7 Å². The number of hydrogen-bond donors (Lipinski definition) is 2. The zero-order valence-electron chi connectivity index (χ0n) is 27.8. The monoisotopic (exact) mass is 661 g/mol. The van der Waals surface area contributed by atoms with Gasteiger partial charge in [0.25, 0.3) is 5.91 Å². The summed E-state index contributed by atoms with van der Waals surface area (Å²) < 4.78 is 0. The number of carbonyl (C=O) groups is 1. The first kappa shape index (κ1) is 32.3. The Bertz CT molecular complexity index is 1840. The lowest BCUT2D eigenvalue weighted by molar-refractivity contribution is 0.0724. The van der Waals surface area contributed by atoms with E-state index in [0.717, 1.165) is 46.4 Å². The van der Waals surface area contributed by atoms with Gasteiger partial charge in [-0.3, -0.25) is 9.69 Å². The third-order valence-corrected chi connectivity index (χ3v) is 10.4. The number of para-hydroxylation sites is 1. The Morgan fingerprint density at radius 2 is 1.65 bits per heavy atom. The molecule has 4 aromatic rings. The number of aliphatic hydroxyl groups excluding tert-OH is 1. The summed E-state index contributed by atoms with van der Waals surface area (Å²) in [6.45, 7) is 13.3. The molecule has 7 rings (SSSR count). The standard InChI is InChI=1S/C40H44ClN5O2/c1-27(41)8-15-38(47)28(2)39(37-25-31-6-4-5-7-36(31)42-37)46-26-32-10-9-30(24-35(32)40(46)48)29-11-13-33(14-12-29)44-18-16-34(17-19-44)45-22-20-43(3)21-23-45/h4-15,24-25,34,39,42,47H,2,16-23,26H2,1,3H3/b27-8+,38-15+/t39-/m1/s1. The number of aliphatic hydroxyl groups is 1. The number of allylic oxidation sites excluding steroid dienone is 3. The average Bonchev–Trinajstić information content (AvgIpc) is 3.68. The van der Waals surface area contributed by atoms with Crippen LogP contribution < -0.4 is 4.90 Å². The number of H-pyrrole nitrogens is 1. The van der Waals surface area contributed by atoms with E-state index in [1.807, 2.05) is 36.4 Å². The molecule has 4 heterocycles. The van der Waals surface area contributed by atoms with Crippen LogP contribution in [0.4, 0.5) is 5.69 Å². The summed E-state index contributed by atoms with van der Waals surface area (Å²) in [6, 6.07) is 25.1. The molecule has 2 N–H and O–H groups in total. The van der Waals surface area contributed by atoms with Crippen molar-refractivity contribution in [1.29, 1.82) is 0 Å². The average molecular weight is 662 g/mol. The molecule has 0 radical (unpaired) electrons. The van der Waals surface area contributed by atoms with Crippen LogP contribution in [0.1, 0.15) is 47.4 Å². The van der Waals surface area contributed by atoms with Crippen LogP contribution in [-0.4, -0.2) is 83.1 Å². The van der Waals surface area contributed by atoms with Crippen LogP contribution in [-0.2, 0) is 6.54 Å². The molecule has 8 heteroatoms. The van der Waals surface area contributed by atoms with Gasteiger partial charge in [0.05, 0.1) is 0 Å². The van der Waals surface area contributed by atoms with Crippen LogP contribution in [0.2, 0.25) is 0 Å². The fraction of sp³-hybridized carbons (Fsp3) is 0.325. The highest BCUT2D eigenvalue weighted by molar-refractivity contribution is 6.29. The molecule has 2 saturated heterocycles. The van der Waals surface area contributed by atoms with Gasteiger partial charge >= 0.3 is 0 Å². The lowest BCUT2D eigenvalue weighted by Crippen LogP contribution is -2.52. The normalized spacial score (nSPS) is 19.3. The third-order valence-electron chi connectivity index (χ3n) is 10.3. The van der Waals surface area contributed by atoms with Crippen molar-refractivity contribution in [2.45, 2.75) is 38.4 Å². The van der Waals surface area contributed by atoms with Crippen LogP contribution in [0.15, 0.2) is 108 Å². The number of nitrogens with zero attached hydrogens (tertiary/aromatic N) is 4. The topological polar surface area (TPSA) is 66.1 Å². The van der Waals surface area contributed by atoms with Gasteiger partial charge in [-0.25, -0.2) is 0 Å². The van der Waals surface area contributed by atoms with Crippen LogP contribution in [0.25, 0.3) is 22.0 Å². The maximum atomic E-state index is 14.1. The summed E-state index contributed by atoms with van der Waals surface area (Å²) in [5.74, 6) is -0.111. The van der Waals surface area contributed by atoms with E-state index in [-0.39, 0.29) is 11.7 Å². The first-order valence-electron chi connectivity index (χ1n) is 17.0. The zero-order valence-corrected chi connectivity index (χ0v) is 28.6. The number of amides is 1. The maximum absolute atomic E-state index is 14.1. The second kappa shape index (κ2) is 13.7. The number of nitrogens with one attached hydrogen (secondary N) is 1. The lowest BCUT2D eigenvalue weighted by atomic mass is 9.99. The second-order valence-corrected chi connectivity index (χ2v) is 14.1. The van der Waals surface area contributed by atoms with E-state index in [4.69, 9.17) is 11.6 Å². The van der Waals surface area contributed by atoms with Crippen LogP contribution in [0.3, 0.4) is 0 Å². The SMILES string of the molecule is C=C(/C(O)=C\C=C(/C)Cl)[C@H](c1cc2ccccc2[nH]1)N1Cc2ccc(-c3ccc(N4CCC(N5CCN(C)CC5)CC4)cc3)cc2C1=O. The van der Waals surface area contributed by atoms with Crippen molar-refractivity contribution in [2.75, 3.05) is 51.2 Å². The summed E-state index contributed by atoms with van der Waals surface area (Å²) in [6.07, 6.45) is 5.57. The Balaban J connectivity index is 1.09. The minimum absolute atomic E-state index is 0.0215. The van der Waals surface area contributed by atoms with Crippen molar-refractivity contribution in [1.82, 2.24) is 19.7 Å². The number of piperidine rings is 1. The van der Waals surface area contributed by atoms with Gasteiger partial charge in [0.1, 0.15) is 11.8 Å². The van der Waals surface area contributed by atoms with E-state index in [1.165, 1.54) is 50.8 Å². The van der Waals surface area contributed by atoms with Gasteiger partial charge in [0.2, 0.25) is 0 Å². The molecule has 48 heavy (non-hydrogen) atoms. The maximum Gasteiger partial charge on any atom is 0.255 e. The van der Waals surface area contributed by atoms with E-state index < -0.39 is 6.04 Å². The molecule has 3 aliphatic heterocycles. The number of piperazine rings is 1. The quantitative estimate of drug-likeness (QED) is 0.149. The van der Waals surface area contributed by atoms with Crippen molar-refractivity contribution in [3.8, 4) is 11.1 Å². The lowest BCUT2D eigenvalue weighted by Gasteiger charge is -2.42. The predicted octanol–water partition coefficient (Wildman–Crippen LogP) is 7.89. The summed E-state index contributed by atoms with van der Waals surface area (Å²) in [5, 5.41) is 12.6. The molecule has 0 aliphatic carbocycles. The summed E-state index contributed by atoms with van der Waals surface area (Å²) in [4.78, 5) is 27.0. The number of hydrogen-bond acceptors (Lipinski definition) is 5. The highest BCUT2D eigenvalue weighted by Gasteiger charge is 2.37. The number of carbonyl (C=O) groups excluding carboxylic acids is 1. The number of likely N-dealkylation sites (N-methyl/N-ethyl adjacent to an activating group) is 1. The molecular weight excluding hydrogens is 618 g/mol. The molecule has 248 valence electrons. The molecular formula is C40H44ClN5O2. The van der Waals surface area contributed by atoms with E-state index in [0.29, 0.717) is 28.8 Å². The van der Waals surface area contributed by atoms with Crippen LogP contribution in [0.5, 0.6) is 0 Å². The molecule has 1 amide bonds. The molecule has 3 aromatic carbocycles. The van der Waals surface area contributed by atoms with Crippen LogP contribution in [0, 0.1) is 0 Å². The largest absolute Gasteiger partial charge is 0.508 e. The Kier molecular flexibility index (Phi) is 9.19. The fourth-order valence-electron chi connectivity index (χ4n) is 7.48. The molecule has 0 spiro atoms. The highest BCUT2D eigenvalue weighted by atomic mass is 35.5. The van der Waals surface area contributed by atoms with Gasteiger partial charge in [-0.2, -0.15) is 0 Å². The Morgan fingerprint density at radius 1 is 0.938 bits per heavy atom. The molecule has 0 bridgehead atoms. The molecule has 0 unspecified atom stereocenters. The summed E-state index contributed by atoms with van der Waals surface area (Å²) in [5.41, 5.74) is 7.15. The number of rotatable bonds is 8. The molecule has 2 fully saturated rings. The van der Waals surface area contributed by atoms with E-state index >= 15 is 0 Å². The molecule has 0 saturated carbocycles. The smallest absolute Gasteiger partial charge is 0.255 e. The van der Waals surface area contributed by atoms with Crippen molar-refractivity contribution >= 4 is 34.1 Å². The van der Waals surface area contributed by atoms with Gasteiger partial charge in [-0.05, 0) is 91.4 Å². The van der Waals surface area contributed by atoms with Crippen LogP contribution >= 0.6 is 11.6 Å². The predicted molar refractivity (Wildman–Crippen MR) is 197 cm³/mol. The molecule has 7 nitrogen and oxygen atoms in total. The number of benzene rings is 3. The van der Waals surface area contributed by atoms with Crippen molar-refractivity contribution in [2.24, 2.45) is 0 Å². The first-order chi connectivity index (χ1) is 23.2. The van der Waals surface area contributed by atoms with Crippen molar-refractivity contribution < 1.29 is 9.90 Å². The minimum Gasteiger partial charge on any atom is -0.508 e. The number of anilines is 1. The highest BCUT2D eigenvalue weighted by Crippen LogP contribution is 2.39. The van der Waals surface area contributed by atoms with E-state index in [9.17, 15) is 9.90 Å². The van der Waals surface area contributed by atoms with Gasteiger partial charge in [0, 0.05) is 84.9 Å². The summed E-state index contributed by atoms with van der Waals surface area (Å²) in [7, 11) is 2.22. The summed E-state index contributed by atoms with van der Waals surface area (Å²) >= 11 is 6.04. The molecule has 3 aliphatic rings. The third kappa shape index (κ3) is 6.55. The Hall–Kier alpha value is -4.30. The fourth-order valence-corrected chi connectivity index (χ4v) is 7.54. The molecule has 1 atom stereocenters. The van der Waals surface area contributed by atoms with Crippen molar-refractivity contribution in [3.05, 3.63) is 125 Å². The number of aromatic nitrogens is 1. The first-order valence-corrected chi connectivity index (χ1v) is 17.3. The number of halogens is 1. The van der Waals surface area contributed by atoms with Gasteiger partial charge in [-0.15, -0.1) is 0 Å². The second-order valence-electron chi connectivity index (χ2n) is 13.5. The van der Waals surface area contributed by atoms with Gasteiger partial charge in [0.15, 0.2) is 0 Å². The Morgan fingerprint density at radius 3 is 2.35 bits per heavy atom. The van der Waals surface area contributed by atoms with Gasteiger partial charge < -0.3 is 24.8 Å². The van der Waals surface area contributed by atoms with Crippen molar-refractivity contribution in [3.63, 3.8) is 0 Å². The van der Waals surface area contributed by atoms with Gasteiger partial charge in [-0.1, -0.05) is 60.6 Å². The number of aromatic amines is 1. The minimum atomic E-state index is -0.597. The molecule has 1 aromatic heterocycles.